The molecule has 0 fully saturated rings. The van der Waals surface area contributed by atoms with E-state index in [-0.39, 0.29) is 23.8 Å². The SMILES string of the molecule is CCCCCC(CCCCC)CC(=O)OCCCCCCCCCC(CCCCCCCOC(=O)CC(CCCCC)CCCCC)C(=O)OCCCN(C)C. The molecule has 0 amide bonds. The van der Waals surface area contributed by atoms with Gasteiger partial charge in [-0.15, -0.1) is 0 Å². The summed E-state index contributed by atoms with van der Waals surface area (Å²) in [5.74, 6) is 0.933. The van der Waals surface area contributed by atoms with Crippen molar-refractivity contribution in [3.05, 3.63) is 0 Å². The average Bonchev–Trinajstić information content (AvgIpc) is 3.17. The van der Waals surface area contributed by atoms with Crippen molar-refractivity contribution in [3.8, 4) is 0 Å². The summed E-state index contributed by atoms with van der Waals surface area (Å²) in [5, 5.41) is 0. The second-order valence-electron chi connectivity index (χ2n) is 17.4. The van der Waals surface area contributed by atoms with Crippen LogP contribution in [0.25, 0.3) is 0 Å². The van der Waals surface area contributed by atoms with Gasteiger partial charge in [-0.25, -0.2) is 0 Å². The largest absolute Gasteiger partial charge is 0.466 e. The van der Waals surface area contributed by atoms with Gasteiger partial charge in [-0.05, 0) is 83.7 Å². The zero-order valence-electron chi connectivity index (χ0n) is 38.3. The Labute approximate surface area is 348 Å². The summed E-state index contributed by atoms with van der Waals surface area (Å²) in [5.41, 5.74) is 0. The van der Waals surface area contributed by atoms with Crippen LogP contribution in [-0.2, 0) is 28.6 Å². The third kappa shape index (κ3) is 36.7. The molecule has 0 saturated heterocycles. The summed E-state index contributed by atoms with van der Waals surface area (Å²) in [7, 11) is 4.09. The molecule has 0 aromatic carbocycles. The maximum atomic E-state index is 13.1. The lowest BCUT2D eigenvalue weighted by atomic mass is 9.92. The lowest BCUT2D eigenvalue weighted by Crippen LogP contribution is -2.21. The summed E-state index contributed by atoms with van der Waals surface area (Å²) in [6.07, 6.45) is 36.3. The Morgan fingerprint density at radius 3 is 1.07 bits per heavy atom. The molecule has 0 bridgehead atoms. The first-order valence-electron chi connectivity index (χ1n) is 24.4. The van der Waals surface area contributed by atoms with E-state index < -0.39 is 0 Å². The highest BCUT2D eigenvalue weighted by Crippen LogP contribution is 2.24. The normalized spacial score (nSPS) is 12.2. The molecule has 0 aromatic heterocycles. The van der Waals surface area contributed by atoms with E-state index in [1.807, 2.05) is 14.1 Å². The molecule has 0 aromatic rings. The van der Waals surface area contributed by atoms with Crippen molar-refractivity contribution in [1.82, 2.24) is 4.90 Å². The van der Waals surface area contributed by atoms with Crippen LogP contribution in [0, 0.1) is 17.8 Å². The van der Waals surface area contributed by atoms with E-state index in [4.69, 9.17) is 14.2 Å². The van der Waals surface area contributed by atoms with Crippen LogP contribution in [0.1, 0.15) is 240 Å². The van der Waals surface area contributed by atoms with Crippen molar-refractivity contribution in [1.29, 1.82) is 0 Å². The summed E-state index contributed by atoms with van der Waals surface area (Å²) in [4.78, 5) is 40.2. The third-order valence-electron chi connectivity index (χ3n) is 11.5. The number of hydrogen-bond acceptors (Lipinski definition) is 7. The number of carbonyl (C=O) groups is 3. The van der Waals surface area contributed by atoms with Gasteiger partial charge in [0, 0.05) is 19.4 Å². The molecule has 332 valence electrons. The van der Waals surface area contributed by atoms with Crippen molar-refractivity contribution in [3.63, 3.8) is 0 Å². The molecule has 7 heteroatoms. The zero-order valence-corrected chi connectivity index (χ0v) is 38.3. The summed E-state index contributed by atoms with van der Waals surface area (Å²) < 4.78 is 17.0. The van der Waals surface area contributed by atoms with E-state index in [0.29, 0.717) is 44.5 Å². The monoisotopic (exact) mass is 794 g/mol. The molecule has 0 aliphatic rings. The fraction of sp³-hybridized carbons (Fsp3) is 0.939. The van der Waals surface area contributed by atoms with Crippen molar-refractivity contribution in [2.24, 2.45) is 17.8 Å². The number of nitrogens with zero attached hydrogens (tertiary/aromatic N) is 1. The lowest BCUT2D eigenvalue weighted by Gasteiger charge is -2.17. The second-order valence-corrected chi connectivity index (χ2v) is 17.4. The fourth-order valence-electron chi connectivity index (χ4n) is 7.84. The Morgan fingerprint density at radius 2 is 0.714 bits per heavy atom. The standard InChI is InChI=1S/C49H95NO6/c1-7-11-23-32-44(33-24-12-8-2)42-47(51)54-39-29-21-17-15-16-19-27-36-46(49(53)56-41-31-38-50(5)6)37-28-20-18-22-30-40-55-48(52)43-45(34-25-13-9-3)35-26-14-10-4/h44-46H,7-43H2,1-6H3. The molecule has 1 atom stereocenters. The lowest BCUT2D eigenvalue weighted by molar-refractivity contribution is -0.149. The molecule has 0 spiro atoms. The van der Waals surface area contributed by atoms with Crippen LogP contribution in [0.5, 0.6) is 0 Å². The molecule has 0 radical (unpaired) electrons. The topological polar surface area (TPSA) is 82.1 Å². The predicted molar refractivity (Wildman–Crippen MR) is 237 cm³/mol. The summed E-state index contributed by atoms with van der Waals surface area (Å²) in [6.45, 7) is 11.4. The number of esters is 3. The molecule has 0 saturated carbocycles. The first kappa shape index (κ1) is 54.4. The Hall–Kier alpha value is -1.63. The van der Waals surface area contributed by atoms with E-state index in [9.17, 15) is 14.4 Å². The van der Waals surface area contributed by atoms with Gasteiger partial charge in [0.15, 0.2) is 0 Å². The van der Waals surface area contributed by atoms with E-state index >= 15 is 0 Å². The van der Waals surface area contributed by atoms with Gasteiger partial charge >= 0.3 is 17.9 Å². The number of carbonyl (C=O) groups excluding carboxylic acids is 3. The number of ether oxygens (including phenoxy) is 3. The van der Waals surface area contributed by atoms with Crippen molar-refractivity contribution in [2.75, 3.05) is 40.5 Å². The highest BCUT2D eigenvalue weighted by molar-refractivity contribution is 5.72. The predicted octanol–water partition coefficient (Wildman–Crippen LogP) is 14.0. The smallest absolute Gasteiger partial charge is 0.308 e. The number of hydrogen-bond donors (Lipinski definition) is 0. The molecule has 1 unspecified atom stereocenters. The van der Waals surface area contributed by atoms with E-state index in [2.05, 4.69) is 32.6 Å². The minimum Gasteiger partial charge on any atom is -0.466 e. The molecule has 7 nitrogen and oxygen atoms in total. The average molecular weight is 794 g/mol. The van der Waals surface area contributed by atoms with Gasteiger partial charge in [0.05, 0.1) is 25.7 Å². The molecular weight excluding hydrogens is 699 g/mol. The second kappa shape index (κ2) is 41.5. The van der Waals surface area contributed by atoms with Crippen molar-refractivity contribution in [2.45, 2.75) is 240 Å². The first-order valence-corrected chi connectivity index (χ1v) is 24.4. The quantitative estimate of drug-likeness (QED) is 0.0345. The van der Waals surface area contributed by atoms with Crippen LogP contribution in [0.2, 0.25) is 0 Å². The summed E-state index contributed by atoms with van der Waals surface area (Å²) >= 11 is 0. The highest BCUT2D eigenvalue weighted by Gasteiger charge is 2.20. The maximum absolute atomic E-state index is 13.1. The van der Waals surface area contributed by atoms with Gasteiger partial charge in [0.1, 0.15) is 0 Å². The Balaban J connectivity index is 4.32. The molecule has 0 heterocycles. The molecule has 0 rings (SSSR count). The number of rotatable bonds is 43. The van der Waals surface area contributed by atoms with Crippen LogP contribution < -0.4 is 0 Å². The van der Waals surface area contributed by atoms with Crippen molar-refractivity contribution >= 4 is 17.9 Å². The zero-order chi connectivity index (χ0) is 41.3. The van der Waals surface area contributed by atoms with Crippen LogP contribution in [-0.4, -0.2) is 63.3 Å². The van der Waals surface area contributed by atoms with Gasteiger partial charge in [-0.2, -0.15) is 0 Å². The molecular formula is C49H95NO6. The Bertz CT molecular complexity index is 859. The van der Waals surface area contributed by atoms with E-state index in [1.54, 1.807) is 0 Å². The Kier molecular flexibility index (Phi) is 40.3. The fourth-order valence-corrected chi connectivity index (χ4v) is 7.84. The maximum Gasteiger partial charge on any atom is 0.308 e. The van der Waals surface area contributed by atoms with Crippen LogP contribution in [0.3, 0.4) is 0 Å². The van der Waals surface area contributed by atoms with Crippen LogP contribution in [0.15, 0.2) is 0 Å². The van der Waals surface area contributed by atoms with Gasteiger partial charge in [-0.3, -0.25) is 14.4 Å². The van der Waals surface area contributed by atoms with E-state index in [1.165, 1.54) is 96.3 Å². The molecule has 0 aliphatic heterocycles. The van der Waals surface area contributed by atoms with Gasteiger partial charge in [-0.1, -0.05) is 169 Å². The van der Waals surface area contributed by atoms with Gasteiger partial charge < -0.3 is 19.1 Å². The minimum absolute atomic E-state index is 0.00106. The molecule has 0 aliphatic carbocycles. The van der Waals surface area contributed by atoms with Crippen LogP contribution in [0.4, 0.5) is 0 Å². The van der Waals surface area contributed by atoms with Gasteiger partial charge in [0.25, 0.3) is 0 Å². The van der Waals surface area contributed by atoms with E-state index in [0.717, 1.165) is 109 Å². The molecule has 56 heavy (non-hydrogen) atoms. The summed E-state index contributed by atoms with van der Waals surface area (Å²) in [6, 6.07) is 0. The minimum atomic E-state index is -0.0128. The molecule has 0 N–H and O–H groups in total. The first-order chi connectivity index (χ1) is 27.3. The highest BCUT2D eigenvalue weighted by atomic mass is 16.5. The Morgan fingerprint density at radius 1 is 0.393 bits per heavy atom. The van der Waals surface area contributed by atoms with Crippen LogP contribution >= 0.6 is 0 Å². The van der Waals surface area contributed by atoms with Gasteiger partial charge in [0.2, 0.25) is 0 Å². The third-order valence-corrected chi connectivity index (χ3v) is 11.5. The number of unbranched alkanes of at least 4 members (excludes halogenated alkanes) is 18. The van der Waals surface area contributed by atoms with Crippen molar-refractivity contribution < 1.29 is 28.6 Å².